The number of hydrogen-bond acceptors (Lipinski definition) is 5. The molecule has 0 bridgehead atoms. The van der Waals surface area contributed by atoms with Crippen molar-refractivity contribution in [2.75, 3.05) is 11.5 Å². The first kappa shape index (κ1) is 22.7. The van der Waals surface area contributed by atoms with E-state index in [0.717, 1.165) is 16.0 Å². The van der Waals surface area contributed by atoms with Gasteiger partial charge >= 0.3 is 0 Å². The van der Waals surface area contributed by atoms with Crippen LogP contribution in [0.1, 0.15) is 23.1 Å². The van der Waals surface area contributed by atoms with E-state index in [-0.39, 0.29) is 19.6 Å². The average molecular weight is 453 g/mol. The van der Waals surface area contributed by atoms with E-state index in [2.05, 4.69) is 0 Å². The fourth-order valence-corrected chi connectivity index (χ4v) is 3.82. The number of anilines is 1. The Balaban J connectivity index is 1.58. The summed E-state index contributed by atoms with van der Waals surface area (Å²) in [7, 11) is 0. The van der Waals surface area contributed by atoms with Crippen LogP contribution in [0.2, 0.25) is 0 Å². The number of carbonyl (C=O) groups excluding carboxylic acids is 3. The number of carbonyl (C=O) groups is 3. The summed E-state index contributed by atoms with van der Waals surface area (Å²) < 4.78 is 5.63. The van der Waals surface area contributed by atoms with Crippen LogP contribution in [0.15, 0.2) is 78.9 Å². The molecule has 0 N–H and O–H groups in total. The Hall–Kier alpha value is -4.44. The summed E-state index contributed by atoms with van der Waals surface area (Å²) in [6.45, 7) is 1.88. The second kappa shape index (κ2) is 10.0. The molecule has 0 spiro atoms. The van der Waals surface area contributed by atoms with Crippen molar-refractivity contribution >= 4 is 23.4 Å². The van der Waals surface area contributed by atoms with E-state index in [1.165, 1.54) is 4.90 Å². The summed E-state index contributed by atoms with van der Waals surface area (Å²) in [6.07, 6.45) is -0.123. The highest BCUT2D eigenvalue weighted by Crippen LogP contribution is 2.27. The molecule has 170 valence electrons. The molecular weight excluding hydrogens is 430 g/mol. The van der Waals surface area contributed by atoms with Crippen molar-refractivity contribution in [1.82, 2.24) is 4.90 Å². The third kappa shape index (κ3) is 4.97. The predicted molar refractivity (Wildman–Crippen MR) is 126 cm³/mol. The van der Waals surface area contributed by atoms with Gasteiger partial charge in [-0.05, 0) is 48.9 Å². The summed E-state index contributed by atoms with van der Waals surface area (Å²) in [5, 5.41) is 9.01. The van der Waals surface area contributed by atoms with Gasteiger partial charge in [0, 0.05) is 6.54 Å². The van der Waals surface area contributed by atoms with Gasteiger partial charge in [0.15, 0.2) is 6.61 Å². The van der Waals surface area contributed by atoms with Crippen LogP contribution in [0.4, 0.5) is 5.69 Å². The Morgan fingerprint density at radius 1 is 1.03 bits per heavy atom. The van der Waals surface area contributed by atoms with Gasteiger partial charge in [-0.15, -0.1) is 0 Å². The highest BCUT2D eigenvalue weighted by Gasteiger charge is 2.44. The molecule has 1 unspecified atom stereocenters. The molecule has 0 aromatic heterocycles. The minimum atomic E-state index is -0.948. The van der Waals surface area contributed by atoms with Crippen molar-refractivity contribution in [2.45, 2.75) is 25.9 Å². The minimum Gasteiger partial charge on any atom is -0.484 e. The molecule has 1 saturated heterocycles. The highest BCUT2D eigenvalue weighted by molar-refractivity contribution is 6.23. The van der Waals surface area contributed by atoms with E-state index in [1.54, 1.807) is 48.5 Å². The van der Waals surface area contributed by atoms with Crippen molar-refractivity contribution in [2.24, 2.45) is 0 Å². The molecule has 3 aromatic carbocycles. The Labute approximate surface area is 197 Å². The number of rotatable bonds is 7. The fourth-order valence-electron chi connectivity index (χ4n) is 3.82. The zero-order valence-corrected chi connectivity index (χ0v) is 18.7. The maximum atomic E-state index is 13.3. The molecule has 0 aliphatic carbocycles. The third-order valence-corrected chi connectivity index (χ3v) is 5.65. The molecule has 0 radical (unpaired) electrons. The second-order valence-electron chi connectivity index (χ2n) is 8.05. The number of ether oxygens (including phenoxy) is 1. The topological polar surface area (TPSA) is 90.7 Å². The number of nitriles is 1. The van der Waals surface area contributed by atoms with Gasteiger partial charge in [0.1, 0.15) is 11.8 Å². The smallest absolute Gasteiger partial charge is 0.261 e. The lowest BCUT2D eigenvalue weighted by atomic mass is 10.1. The maximum absolute atomic E-state index is 13.3. The van der Waals surface area contributed by atoms with Crippen LogP contribution < -0.4 is 9.64 Å². The zero-order chi connectivity index (χ0) is 24.1. The molecule has 1 aliphatic heterocycles. The lowest BCUT2D eigenvalue weighted by Gasteiger charge is -2.28. The molecule has 7 heteroatoms. The maximum Gasteiger partial charge on any atom is 0.261 e. The summed E-state index contributed by atoms with van der Waals surface area (Å²) >= 11 is 0. The summed E-state index contributed by atoms with van der Waals surface area (Å²) in [6, 6.07) is 23.9. The van der Waals surface area contributed by atoms with Crippen LogP contribution in [-0.2, 0) is 20.9 Å². The van der Waals surface area contributed by atoms with Gasteiger partial charge in [0.25, 0.3) is 11.8 Å². The van der Waals surface area contributed by atoms with Crippen molar-refractivity contribution in [1.29, 1.82) is 5.26 Å². The van der Waals surface area contributed by atoms with Gasteiger partial charge < -0.3 is 9.64 Å². The van der Waals surface area contributed by atoms with Crippen LogP contribution in [0.25, 0.3) is 0 Å². The Bertz CT molecular complexity index is 1230. The van der Waals surface area contributed by atoms with Crippen molar-refractivity contribution in [3.05, 3.63) is 95.6 Å². The normalized spacial score (nSPS) is 15.2. The molecule has 1 fully saturated rings. The standard InChI is InChI=1S/C27H23N3O4/c1-19-7-9-21(10-8-19)17-29(26(32)18-34-23-5-3-2-4-6-23)24-15-25(31)30(27(24)33)22-13-11-20(16-28)12-14-22/h2-14,24H,15,17-18H2,1H3. The number of benzene rings is 3. The van der Waals surface area contributed by atoms with Crippen LogP contribution in [-0.4, -0.2) is 35.3 Å². The first-order valence-corrected chi connectivity index (χ1v) is 10.9. The molecular formula is C27H23N3O4. The number of hydrogen-bond donors (Lipinski definition) is 0. The average Bonchev–Trinajstić information content (AvgIpc) is 3.16. The molecule has 7 nitrogen and oxygen atoms in total. The van der Waals surface area contributed by atoms with E-state index < -0.39 is 23.8 Å². The van der Waals surface area contributed by atoms with E-state index in [1.807, 2.05) is 43.3 Å². The molecule has 34 heavy (non-hydrogen) atoms. The molecule has 1 heterocycles. The Morgan fingerprint density at radius 3 is 2.35 bits per heavy atom. The number of amides is 3. The Kier molecular flexibility index (Phi) is 6.69. The monoisotopic (exact) mass is 453 g/mol. The van der Waals surface area contributed by atoms with Gasteiger partial charge in [-0.3, -0.25) is 14.4 Å². The summed E-state index contributed by atoms with van der Waals surface area (Å²) in [5.74, 6) is -0.725. The van der Waals surface area contributed by atoms with E-state index in [0.29, 0.717) is 17.0 Å². The quantitative estimate of drug-likeness (QED) is 0.510. The lowest BCUT2D eigenvalue weighted by molar-refractivity contribution is -0.140. The van der Waals surface area contributed by atoms with Gasteiger partial charge in [0.05, 0.1) is 23.7 Å². The van der Waals surface area contributed by atoms with Gasteiger partial charge in [-0.25, -0.2) is 4.90 Å². The molecule has 4 rings (SSSR count). The van der Waals surface area contributed by atoms with Gasteiger partial charge in [-0.2, -0.15) is 5.26 Å². The lowest BCUT2D eigenvalue weighted by Crippen LogP contribution is -2.46. The molecule has 3 aromatic rings. The summed E-state index contributed by atoms with van der Waals surface area (Å²) in [5.41, 5.74) is 2.72. The third-order valence-electron chi connectivity index (χ3n) is 5.65. The van der Waals surface area contributed by atoms with Crippen molar-refractivity contribution in [3.63, 3.8) is 0 Å². The largest absolute Gasteiger partial charge is 0.484 e. The van der Waals surface area contributed by atoms with Crippen molar-refractivity contribution < 1.29 is 19.1 Å². The highest BCUT2D eigenvalue weighted by atomic mass is 16.5. The Morgan fingerprint density at radius 2 is 1.71 bits per heavy atom. The van der Waals surface area contributed by atoms with Crippen LogP contribution >= 0.6 is 0 Å². The van der Waals surface area contributed by atoms with Crippen LogP contribution in [0.5, 0.6) is 5.75 Å². The van der Waals surface area contributed by atoms with E-state index >= 15 is 0 Å². The molecule has 0 saturated carbocycles. The molecule has 1 aliphatic rings. The SMILES string of the molecule is Cc1ccc(CN(C(=O)COc2ccccc2)C2CC(=O)N(c3ccc(C#N)cc3)C2=O)cc1. The van der Waals surface area contributed by atoms with Crippen LogP contribution in [0.3, 0.4) is 0 Å². The number of aryl methyl sites for hydroxylation is 1. The van der Waals surface area contributed by atoms with Crippen LogP contribution in [0, 0.1) is 18.3 Å². The van der Waals surface area contributed by atoms with Gasteiger partial charge in [0.2, 0.25) is 5.91 Å². The number of para-hydroxylation sites is 1. The molecule has 3 amide bonds. The predicted octanol–water partition coefficient (Wildman–Crippen LogP) is 3.61. The van der Waals surface area contributed by atoms with Gasteiger partial charge in [-0.1, -0.05) is 48.0 Å². The molecule has 1 atom stereocenters. The first-order chi connectivity index (χ1) is 16.5. The second-order valence-corrected chi connectivity index (χ2v) is 8.05. The fraction of sp³-hybridized carbons (Fsp3) is 0.185. The van der Waals surface area contributed by atoms with E-state index in [9.17, 15) is 14.4 Å². The zero-order valence-electron chi connectivity index (χ0n) is 18.7. The number of nitrogens with zero attached hydrogens (tertiary/aromatic N) is 3. The first-order valence-electron chi connectivity index (χ1n) is 10.9. The van der Waals surface area contributed by atoms with E-state index in [4.69, 9.17) is 10.00 Å². The minimum absolute atomic E-state index is 0.123. The summed E-state index contributed by atoms with van der Waals surface area (Å²) in [4.78, 5) is 41.9. The van der Waals surface area contributed by atoms with Crippen molar-refractivity contribution in [3.8, 4) is 11.8 Å². The number of imide groups is 1.